The Morgan fingerprint density at radius 3 is 1.61 bits per heavy atom. The highest BCUT2D eigenvalue weighted by Gasteiger charge is 2.09. The van der Waals surface area contributed by atoms with Crippen LogP contribution in [0.5, 0.6) is 11.5 Å². The summed E-state index contributed by atoms with van der Waals surface area (Å²) in [5.41, 5.74) is 0.625. The van der Waals surface area contributed by atoms with Crippen LogP contribution in [0.15, 0.2) is 60.1 Å². The second-order valence-corrected chi connectivity index (χ2v) is 5.03. The van der Waals surface area contributed by atoms with Crippen LogP contribution in [0.25, 0.3) is 0 Å². The number of benzene rings is 1. The third-order valence-electron chi connectivity index (χ3n) is 2.74. The number of carbonyl (C=O) groups excluding carboxylic acids is 2. The van der Waals surface area contributed by atoms with Crippen molar-refractivity contribution in [3.05, 3.63) is 60.1 Å². The van der Waals surface area contributed by atoms with Gasteiger partial charge in [0.05, 0.1) is 0 Å². The monoisotopic (exact) mass is 316 g/mol. The predicted octanol–water partition coefficient (Wildman–Crippen LogP) is 3.92. The molecule has 0 N–H and O–H groups in total. The first-order chi connectivity index (χ1) is 10.7. The van der Waals surface area contributed by atoms with Crippen molar-refractivity contribution in [3.63, 3.8) is 0 Å². The molecule has 1 aromatic rings. The second kappa shape index (κ2) is 7.98. The zero-order valence-corrected chi connectivity index (χ0v) is 13.8. The molecule has 0 radical (unpaired) electrons. The van der Waals surface area contributed by atoms with Crippen molar-refractivity contribution in [2.75, 3.05) is 0 Å². The molecule has 0 aromatic heterocycles. The van der Waals surface area contributed by atoms with E-state index in [1.54, 1.807) is 52.0 Å². The summed E-state index contributed by atoms with van der Waals surface area (Å²) in [7, 11) is 0. The Hall–Kier alpha value is -2.82. The molecule has 23 heavy (non-hydrogen) atoms. The lowest BCUT2D eigenvalue weighted by atomic mass is 10.3. The van der Waals surface area contributed by atoms with Crippen LogP contribution in [0.4, 0.5) is 0 Å². The van der Waals surface area contributed by atoms with Gasteiger partial charge in [-0.25, -0.2) is 9.59 Å². The molecule has 0 bridgehead atoms. The van der Waals surface area contributed by atoms with E-state index in [9.17, 15) is 9.59 Å². The van der Waals surface area contributed by atoms with Crippen LogP contribution in [-0.2, 0) is 14.3 Å². The maximum atomic E-state index is 11.4. The van der Waals surface area contributed by atoms with Crippen molar-refractivity contribution < 1.29 is 23.8 Å². The van der Waals surface area contributed by atoms with Crippen LogP contribution < -0.4 is 9.47 Å². The largest absolute Gasteiger partial charge is 0.459 e. The zero-order valence-electron chi connectivity index (χ0n) is 13.8. The highest BCUT2D eigenvalue weighted by atomic mass is 16.6. The van der Waals surface area contributed by atoms with Gasteiger partial charge in [0.1, 0.15) is 23.0 Å². The first-order valence-corrected chi connectivity index (χ1v) is 6.91. The predicted molar refractivity (Wildman–Crippen MR) is 86.8 cm³/mol. The Morgan fingerprint density at radius 1 is 0.739 bits per heavy atom. The minimum absolute atomic E-state index is 0.306. The molecule has 0 amide bonds. The van der Waals surface area contributed by atoms with Crippen LogP contribution in [0.2, 0.25) is 0 Å². The van der Waals surface area contributed by atoms with Crippen molar-refractivity contribution >= 4 is 11.9 Å². The van der Waals surface area contributed by atoms with E-state index in [4.69, 9.17) is 14.2 Å². The molecule has 5 heteroatoms. The lowest BCUT2D eigenvalue weighted by molar-refractivity contribution is -0.135. The van der Waals surface area contributed by atoms with Gasteiger partial charge in [0, 0.05) is 11.1 Å². The summed E-state index contributed by atoms with van der Waals surface area (Å²) >= 11 is 0. The third-order valence-corrected chi connectivity index (χ3v) is 2.74. The molecule has 0 aliphatic carbocycles. The SMILES string of the molecule is C=C(C)C(=O)OC(C)=C(C)Oc1ccc(OC(=O)C(=C)C)cc1. The fraction of sp³-hybridized carbons (Fsp3) is 0.222. The summed E-state index contributed by atoms with van der Waals surface area (Å²) < 4.78 is 15.7. The standard InChI is InChI=1S/C18H20O5/c1-11(2)17(19)22-14(6)13(5)21-15-7-9-16(10-8-15)23-18(20)12(3)4/h7-10H,1,3H2,2,4-6H3. The molecule has 5 nitrogen and oxygen atoms in total. The molecule has 0 fully saturated rings. The van der Waals surface area contributed by atoms with Crippen molar-refractivity contribution in [1.29, 1.82) is 0 Å². The molecular formula is C18H20O5. The first kappa shape index (κ1) is 18.2. The molecule has 1 aromatic carbocycles. The molecule has 0 heterocycles. The molecule has 0 aliphatic rings. The van der Waals surface area contributed by atoms with Gasteiger partial charge in [-0.05, 0) is 52.0 Å². The third kappa shape index (κ3) is 5.82. The summed E-state index contributed by atoms with van der Waals surface area (Å²) in [6, 6.07) is 6.47. The van der Waals surface area contributed by atoms with E-state index in [-0.39, 0.29) is 0 Å². The lowest BCUT2D eigenvalue weighted by Gasteiger charge is -2.11. The van der Waals surface area contributed by atoms with E-state index in [0.717, 1.165) is 0 Å². The normalized spacial score (nSPS) is 11.1. The average Bonchev–Trinajstić information content (AvgIpc) is 2.48. The highest BCUT2D eigenvalue weighted by molar-refractivity contribution is 5.88. The summed E-state index contributed by atoms with van der Waals surface area (Å²) in [6.45, 7) is 13.5. The number of allylic oxidation sites excluding steroid dienone is 2. The quantitative estimate of drug-likeness (QED) is 0.344. The minimum Gasteiger partial charge on any atom is -0.459 e. The van der Waals surface area contributed by atoms with Crippen molar-refractivity contribution in [2.24, 2.45) is 0 Å². The van der Waals surface area contributed by atoms with Gasteiger partial charge < -0.3 is 14.2 Å². The zero-order chi connectivity index (χ0) is 17.6. The summed E-state index contributed by atoms with van der Waals surface area (Å²) in [5, 5.41) is 0. The fourth-order valence-electron chi connectivity index (χ4n) is 1.32. The maximum Gasteiger partial charge on any atom is 0.338 e. The number of ether oxygens (including phenoxy) is 3. The van der Waals surface area contributed by atoms with Gasteiger partial charge in [-0.15, -0.1) is 0 Å². The Bertz CT molecular complexity index is 665. The average molecular weight is 316 g/mol. The molecule has 0 aliphatic heterocycles. The van der Waals surface area contributed by atoms with E-state index in [0.29, 0.717) is 34.2 Å². The van der Waals surface area contributed by atoms with Crippen LogP contribution in [-0.4, -0.2) is 11.9 Å². The summed E-state index contributed by atoms with van der Waals surface area (Å²) in [6.07, 6.45) is 0. The topological polar surface area (TPSA) is 61.8 Å². The van der Waals surface area contributed by atoms with Crippen LogP contribution in [0.1, 0.15) is 27.7 Å². The summed E-state index contributed by atoms with van der Waals surface area (Å²) in [5.74, 6) is 0.688. The van der Waals surface area contributed by atoms with Gasteiger partial charge in [-0.3, -0.25) is 0 Å². The van der Waals surface area contributed by atoms with E-state index in [1.807, 2.05) is 0 Å². The fourth-order valence-corrected chi connectivity index (χ4v) is 1.32. The molecule has 0 saturated carbocycles. The Balaban J connectivity index is 2.74. The molecule has 122 valence electrons. The number of carbonyl (C=O) groups is 2. The molecule has 1 rings (SSSR count). The van der Waals surface area contributed by atoms with E-state index >= 15 is 0 Å². The molecule has 0 spiro atoms. The molecule has 0 unspecified atom stereocenters. The number of esters is 2. The van der Waals surface area contributed by atoms with Gasteiger partial charge >= 0.3 is 11.9 Å². The van der Waals surface area contributed by atoms with Gasteiger partial charge in [0.2, 0.25) is 0 Å². The first-order valence-electron chi connectivity index (χ1n) is 6.91. The highest BCUT2D eigenvalue weighted by Crippen LogP contribution is 2.21. The summed E-state index contributed by atoms with van der Waals surface area (Å²) in [4.78, 5) is 22.9. The van der Waals surface area contributed by atoms with Crippen LogP contribution in [0, 0.1) is 0 Å². The number of hydrogen-bond acceptors (Lipinski definition) is 5. The van der Waals surface area contributed by atoms with Crippen molar-refractivity contribution in [3.8, 4) is 11.5 Å². The lowest BCUT2D eigenvalue weighted by Crippen LogP contribution is -2.08. The molecule has 0 atom stereocenters. The van der Waals surface area contributed by atoms with Crippen LogP contribution >= 0.6 is 0 Å². The van der Waals surface area contributed by atoms with Crippen molar-refractivity contribution in [1.82, 2.24) is 0 Å². The van der Waals surface area contributed by atoms with E-state index in [1.165, 1.54) is 0 Å². The van der Waals surface area contributed by atoms with E-state index in [2.05, 4.69) is 13.2 Å². The Kier molecular flexibility index (Phi) is 6.33. The van der Waals surface area contributed by atoms with Gasteiger partial charge in [0.25, 0.3) is 0 Å². The van der Waals surface area contributed by atoms with Crippen molar-refractivity contribution in [2.45, 2.75) is 27.7 Å². The number of rotatable bonds is 6. The Labute approximate surface area is 135 Å². The second-order valence-electron chi connectivity index (χ2n) is 5.03. The smallest absolute Gasteiger partial charge is 0.338 e. The molecular weight excluding hydrogens is 296 g/mol. The minimum atomic E-state index is -0.507. The van der Waals surface area contributed by atoms with Gasteiger partial charge in [-0.1, -0.05) is 13.2 Å². The van der Waals surface area contributed by atoms with E-state index < -0.39 is 11.9 Å². The maximum absolute atomic E-state index is 11.4. The van der Waals surface area contributed by atoms with Gasteiger partial charge in [0.15, 0.2) is 0 Å². The van der Waals surface area contributed by atoms with Gasteiger partial charge in [-0.2, -0.15) is 0 Å². The Morgan fingerprint density at radius 2 is 1.17 bits per heavy atom. The molecule has 0 saturated heterocycles. The van der Waals surface area contributed by atoms with Crippen LogP contribution in [0.3, 0.4) is 0 Å². The number of hydrogen-bond donors (Lipinski definition) is 0.